The van der Waals surface area contributed by atoms with Crippen LogP contribution < -0.4 is 15.0 Å². The minimum Gasteiger partial charge on any atom is -0.406 e. The molecular weight excluding hydrogens is 536 g/mol. The van der Waals surface area contributed by atoms with Gasteiger partial charge in [0.2, 0.25) is 5.91 Å². The Balaban J connectivity index is 1.65. The van der Waals surface area contributed by atoms with E-state index < -0.39 is 41.6 Å². The fourth-order valence-corrected chi connectivity index (χ4v) is 4.56. The second kappa shape index (κ2) is 10.1. The normalized spacial score (nSPS) is 18.7. The van der Waals surface area contributed by atoms with E-state index in [0.29, 0.717) is 21.8 Å². The molecule has 2 atom stereocenters. The van der Waals surface area contributed by atoms with Gasteiger partial charge in [0.15, 0.2) is 0 Å². The molecule has 3 aromatic rings. The zero-order valence-corrected chi connectivity index (χ0v) is 20.8. The van der Waals surface area contributed by atoms with E-state index in [0.717, 1.165) is 18.3 Å². The Labute approximate surface area is 219 Å². The molecule has 0 unspecified atom stereocenters. The van der Waals surface area contributed by atoms with Crippen LogP contribution in [0.3, 0.4) is 0 Å². The number of aromatic nitrogens is 1. The molecule has 12 heteroatoms. The van der Waals surface area contributed by atoms with Crippen LogP contribution in [-0.2, 0) is 16.5 Å². The Kier molecular flexibility index (Phi) is 7.37. The number of hydrogen-bond acceptors (Lipinski definition) is 4. The third-order valence-corrected chi connectivity index (χ3v) is 6.45. The predicted octanol–water partition coefficient (Wildman–Crippen LogP) is 7.02. The van der Waals surface area contributed by atoms with Gasteiger partial charge in [-0.3, -0.25) is 15.1 Å². The number of alkyl halides is 6. The average molecular weight is 558 g/mol. The highest BCUT2D eigenvalue weighted by Gasteiger charge is 2.44. The molecule has 1 N–H and O–H groups in total. The number of carbonyl (C=O) groups excluding carboxylic acids is 1. The molecule has 0 saturated carbocycles. The molecule has 202 valence electrons. The highest BCUT2D eigenvalue weighted by Crippen LogP contribution is 2.40. The van der Waals surface area contributed by atoms with Crippen LogP contribution in [0.15, 0.2) is 66.9 Å². The molecule has 1 aromatic heterocycles. The molecule has 2 aromatic carbocycles. The lowest BCUT2D eigenvalue weighted by Crippen LogP contribution is -2.47. The summed E-state index contributed by atoms with van der Waals surface area (Å²) in [5.74, 6) is -0.793. The summed E-state index contributed by atoms with van der Waals surface area (Å²) < 4.78 is 81.3. The van der Waals surface area contributed by atoms with Gasteiger partial charge in [-0.15, -0.1) is 13.2 Å². The van der Waals surface area contributed by atoms with Gasteiger partial charge < -0.3 is 9.64 Å². The Bertz CT molecular complexity index is 1290. The van der Waals surface area contributed by atoms with Crippen molar-refractivity contribution < 1.29 is 35.9 Å². The van der Waals surface area contributed by atoms with Crippen molar-refractivity contribution in [3.05, 3.63) is 88.7 Å². The number of benzene rings is 2. The van der Waals surface area contributed by atoms with Crippen LogP contribution in [0.25, 0.3) is 0 Å². The van der Waals surface area contributed by atoms with Crippen LogP contribution >= 0.6 is 11.6 Å². The molecule has 1 aliphatic rings. The van der Waals surface area contributed by atoms with Crippen molar-refractivity contribution in [2.75, 3.05) is 4.90 Å². The Morgan fingerprint density at radius 3 is 2.26 bits per heavy atom. The molecular formula is C26H22ClF6N3O2. The minimum absolute atomic E-state index is 0.161. The van der Waals surface area contributed by atoms with Gasteiger partial charge in [-0.05, 0) is 73.9 Å². The van der Waals surface area contributed by atoms with Gasteiger partial charge in [-0.1, -0.05) is 29.8 Å². The summed E-state index contributed by atoms with van der Waals surface area (Å²) in [4.78, 5) is 18.6. The van der Waals surface area contributed by atoms with E-state index in [1.807, 2.05) is 0 Å². The fraction of sp³-hybridized carbons (Fsp3) is 0.308. The molecule has 0 aliphatic carbocycles. The quantitative estimate of drug-likeness (QED) is 0.331. The molecule has 5 nitrogen and oxygen atoms in total. The van der Waals surface area contributed by atoms with Gasteiger partial charge in [0.25, 0.3) is 0 Å². The number of amides is 1. The van der Waals surface area contributed by atoms with Crippen LogP contribution in [0.2, 0.25) is 5.02 Å². The number of rotatable bonds is 6. The molecule has 0 spiro atoms. The maximum Gasteiger partial charge on any atom is 0.573 e. The number of anilines is 1. The SMILES string of the molecule is CC(C)(N[C@@H]1C[C@H](c2cccc(OC(F)(F)F)c2)N(c2ccc(Cl)cc2)C1=O)c1ccc(C(F)(F)F)nc1. The van der Waals surface area contributed by atoms with E-state index in [-0.39, 0.29) is 12.3 Å². The maximum absolute atomic E-state index is 13.6. The molecule has 2 heterocycles. The first kappa shape index (κ1) is 27.7. The number of ether oxygens (including phenoxy) is 1. The highest BCUT2D eigenvalue weighted by atomic mass is 35.5. The molecule has 38 heavy (non-hydrogen) atoms. The number of nitrogens with zero attached hydrogens (tertiary/aromatic N) is 2. The highest BCUT2D eigenvalue weighted by molar-refractivity contribution is 6.30. The van der Waals surface area contributed by atoms with E-state index >= 15 is 0 Å². The van der Waals surface area contributed by atoms with Crippen molar-refractivity contribution in [2.45, 2.75) is 50.4 Å². The Morgan fingerprint density at radius 2 is 1.68 bits per heavy atom. The predicted molar refractivity (Wildman–Crippen MR) is 129 cm³/mol. The van der Waals surface area contributed by atoms with E-state index in [1.165, 1.54) is 23.1 Å². The standard InChI is InChI=1S/C26H22ClF6N3O2/c1-24(2,16-6-11-22(34-14-16)25(28,29)30)35-20-13-21(15-4-3-5-19(12-15)38-26(31,32)33)36(23(20)37)18-9-7-17(27)8-10-18/h3-12,14,20-21,35H,13H2,1-2H3/t20-,21-/m1/s1. The third kappa shape index (κ3) is 6.21. The third-order valence-electron chi connectivity index (χ3n) is 6.20. The second-order valence-electron chi connectivity index (χ2n) is 9.31. The smallest absolute Gasteiger partial charge is 0.406 e. The van der Waals surface area contributed by atoms with Crippen LogP contribution in [0.1, 0.15) is 43.1 Å². The van der Waals surface area contributed by atoms with Crippen molar-refractivity contribution in [1.29, 1.82) is 0 Å². The molecule has 0 radical (unpaired) electrons. The van der Waals surface area contributed by atoms with Crippen LogP contribution in [-0.4, -0.2) is 23.3 Å². The fourth-order valence-electron chi connectivity index (χ4n) is 4.43. The molecule has 1 amide bonds. The number of carbonyl (C=O) groups is 1. The first-order chi connectivity index (χ1) is 17.6. The molecule has 0 bridgehead atoms. The van der Waals surface area contributed by atoms with Gasteiger partial charge >= 0.3 is 12.5 Å². The van der Waals surface area contributed by atoms with Gasteiger partial charge in [-0.25, -0.2) is 0 Å². The zero-order valence-electron chi connectivity index (χ0n) is 20.1. The van der Waals surface area contributed by atoms with E-state index in [2.05, 4.69) is 15.0 Å². The monoisotopic (exact) mass is 557 g/mol. The molecule has 1 fully saturated rings. The average Bonchev–Trinajstić information content (AvgIpc) is 3.13. The maximum atomic E-state index is 13.6. The summed E-state index contributed by atoms with van der Waals surface area (Å²) in [6.45, 7) is 3.39. The lowest BCUT2D eigenvalue weighted by molar-refractivity contribution is -0.274. The topological polar surface area (TPSA) is 54.5 Å². The van der Waals surface area contributed by atoms with Crippen LogP contribution in [0, 0.1) is 0 Å². The summed E-state index contributed by atoms with van der Waals surface area (Å²) in [6, 6.07) is 12.5. The molecule has 1 aliphatic heterocycles. The number of hydrogen-bond donors (Lipinski definition) is 1. The summed E-state index contributed by atoms with van der Waals surface area (Å²) in [7, 11) is 0. The van der Waals surface area contributed by atoms with Crippen molar-refractivity contribution in [3.8, 4) is 5.75 Å². The van der Waals surface area contributed by atoms with Crippen molar-refractivity contribution in [3.63, 3.8) is 0 Å². The summed E-state index contributed by atoms with van der Waals surface area (Å²) >= 11 is 6.00. The number of pyridine rings is 1. The summed E-state index contributed by atoms with van der Waals surface area (Å²) in [5, 5.41) is 3.63. The van der Waals surface area contributed by atoms with Gasteiger partial charge in [0, 0.05) is 22.4 Å². The van der Waals surface area contributed by atoms with E-state index in [9.17, 15) is 31.1 Å². The van der Waals surface area contributed by atoms with E-state index in [1.54, 1.807) is 44.2 Å². The van der Waals surface area contributed by atoms with Gasteiger partial charge in [0.05, 0.1) is 12.1 Å². The zero-order chi connectivity index (χ0) is 27.9. The van der Waals surface area contributed by atoms with Crippen molar-refractivity contribution in [1.82, 2.24) is 10.3 Å². The lowest BCUT2D eigenvalue weighted by atomic mass is 9.93. The van der Waals surface area contributed by atoms with Crippen molar-refractivity contribution >= 4 is 23.2 Å². The number of nitrogens with one attached hydrogen (secondary N) is 1. The lowest BCUT2D eigenvalue weighted by Gasteiger charge is -2.30. The van der Waals surface area contributed by atoms with Gasteiger partial charge in [0.1, 0.15) is 11.4 Å². The van der Waals surface area contributed by atoms with Crippen molar-refractivity contribution in [2.24, 2.45) is 0 Å². The first-order valence-electron chi connectivity index (χ1n) is 11.4. The molecule has 1 saturated heterocycles. The van der Waals surface area contributed by atoms with Crippen LogP contribution in [0.5, 0.6) is 5.75 Å². The summed E-state index contributed by atoms with van der Waals surface area (Å²) in [5.41, 5.74) is -0.707. The number of halogens is 7. The second-order valence-corrected chi connectivity index (χ2v) is 9.74. The van der Waals surface area contributed by atoms with E-state index in [4.69, 9.17) is 11.6 Å². The Morgan fingerprint density at radius 1 is 1.00 bits per heavy atom. The minimum atomic E-state index is -4.89. The summed E-state index contributed by atoms with van der Waals surface area (Å²) in [6.07, 6.45) is -8.21. The van der Waals surface area contributed by atoms with Gasteiger partial charge in [-0.2, -0.15) is 13.2 Å². The first-order valence-corrected chi connectivity index (χ1v) is 11.8. The Hall–Kier alpha value is -3.31. The largest absolute Gasteiger partial charge is 0.573 e. The van der Waals surface area contributed by atoms with Crippen LogP contribution in [0.4, 0.5) is 32.0 Å². The molecule has 4 rings (SSSR count).